The lowest BCUT2D eigenvalue weighted by atomic mass is 10.1. The van der Waals surface area contributed by atoms with Crippen LogP contribution in [0.4, 0.5) is 18.3 Å². The van der Waals surface area contributed by atoms with E-state index in [-0.39, 0.29) is 11.5 Å². The summed E-state index contributed by atoms with van der Waals surface area (Å²) >= 11 is 7.33. The SMILES string of the molecule is CC(=O)c1nc(N(CCc2ccc(OC(F)(F)F)cc2)Cc2ccc(Cl)cn2)sc1C.CCC.CN. The Hall–Kier alpha value is -2.69. The molecule has 3 rings (SSSR count). The van der Waals surface area contributed by atoms with Crippen LogP contribution >= 0.6 is 22.9 Å². The topological polar surface area (TPSA) is 81.3 Å². The first-order chi connectivity index (χ1) is 17.0. The second kappa shape index (κ2) is 15.4. The van der Waals surface area contributed by atoms with E-state index in [0.29, 0.717) is 35.4 Å². The Morgan fingerprint density at radius 2 is 1.75 bits per heavy atom. The Labute approximate surface area is 219 Å². The summed E-state index contributed by atoms with van der Waals surface area (Å²) in [6.07, 6.45) is -1.36. The molecular weight excluding hydrogens is 513 g/mol. The summed E-state index contributed by atoms with van der Waals surface area (Å²) in [6, 6.07) is 9.31. The van der Waals surface area contributed by atoms with E-state index in [1.165, 1.54) is 43.9 Å². The van der Waals surface area contributed by atoms with E-state index < -0.39 is 6.36 Å². The van der Waals surface area contributed by atoms with E-state index in [1.54, 1.807) is 24.4 Å². The maximum absolute atomic E-state index is 12.3. The number of pyridine rings is 1. The molecule has 0 unspecified atom stereocenters. The number of carbonyl (C=O) groups excluding carboxylic acids is 1. The van der Waals surface area contributed by atoms with Gasteiger partial charge in [-0.2, -0.15) is 0 Å². The fourth-order valence-electron chi connectivity index (χ4n) is 2.90. The minimum Gasteiger partial charge on any atom is -0.406 e. The Balaban J connectivity index is 0.00000120. The number of hydrogen-bond acceptors (Lipinski definition) is 7. The molecule has 2 aromatic heterocycles. The molecule has 0 aliphatic rings. The summed E-state index contributed by atoms with van der Waals surface area (Å²) in [5, 5.41) is 1.21. The Morgan fingerprint density at radius 1 is 1.14 bits per heavy atom. The molecule has 36 heavy (non-hydrogen) atoms. The van der Waals surface area contributed by atoms with Gasteiger partial charge in [-0.05, 0) is 50.2 Å². The number of rotatable bonds is 8. The van der Waals surface area contributed by atoms with Gasteiger partial charge in [0.25, 0.3) is 0 Å². The number of hydrogen-bond donors (Lipinski definition) is 1. The molecule has 0 atom stereocenters. The number of thiazole rings is 1. The fraction of sp³-hybridized carbons (Fsp3) is 0.400. The monoisotopic (exact) mass is 544 g/mol. The molecule has 6 nitrogen and oxygen atoms in total. The largest absolute Gasteiger partial charge is 0.573 e. The molecule has 0 fully saturated rings. The third-order valence-electron chi connectivity index (χ3n) is 4.36. The predicted molar refractivity (Wildman–Crippen MR) is 140 cm³/mol. The van der Waals surface area contributed by atoms with E-state index in [0.717, 1.165) is 16.1 Å². The maximum atomic E-state index is 12.3. The summed E-state index contributed by atoms with van der Waals surface area (Å²) in [7, 11) is 1.50. The molecule has 0 saturated carbocycles. The Morgan fingerprint density at radius 3 is 2.22 bits per heavy atom. The summed E-state index contributed by atoms with van der Waals surface area (Å²) in [5.74, 6) is -0.370. The molecule has 3 aromatic rings. The van der Waals surface area contributed by atoms with Crippen LogP contribution < -0.4 is 15.4 Å². The normalized spacial score (nSPS) is 10.5. The van der Waals surface area contributed by atoms with Crippen LogP contribution in [0.2, 0.25) is 5.02 Å². The van der Waals surface area contributed by atoms with Gasteiger partial charge in [0.05, 0.1) is 17.3 Å². The summed E-state index contributed by atoms with van der Waals surface area (Å²) < 4.78 is 40.9. The van der Waals surface area contributed by atoms with Crippen LogP contribution in [0.3, 0.4) is 0 Å². The van der Waals surface area contributed by atoms with Gasteiger partial charge in [0.1, 0.15) is 11.4 Å². The Bertz CT molecular complexity index is 1060. The van der Waals surface area contributed by atoms with E-state index in [4.69, 9.17) is 11.6 Å². The van der Waals surface area contributed by atoms with Gasteiger partial charge >= 0.3 is 6.36 Å². The predicted octanol–water partition coefficient (Wildman–Crippen LogP) is 6.84. The number of Topliss-reactive ketones (excluding diaryl/α,β-unsaturated/α-hetero) is 1. The molecule has 0 bridgehead atoms. The van der Waals surface area contributed by atoms with Crippen molar-refractivity contribution in [1.29, 1.82) is 0 Å². The van der Waals surface area contributed by atoms with Crippen molar-refractivity contribution < 1.29 is 22.7 Å². The molecule has 2 N–H and O–H groups in total. The number of aromatic nitrogens is 2. The van der Waals surface area contributed by atoms with E-state index in [9.17, 15) is 18.0 Å². The number of benzene rings is 1. The van der Waals surface area contributed by atoms with Crippen molar-refractivity contribution in [2.75, 3.05) is 18.5 Å². The fourth-order valence-corrected chi connectivity index (χ4v) is 4.00. The average Bonchev–Trinajstić information content (AvgIpc) is 3.21. The molecular formula is C25H32ClF3N4O2S. The number of ether oxygens (including phenoxy) is 1. The molecule has 0 saturated heterocycles. The van der Waals surface area contributed by atoms with Gasteiger partial charge < -0.3 is 15.4 Å². The zero-order chi connectivity index (χ0) is 27.3. The highest BCUT2D eigenvalue weighted by Gasteiger charge is 2.31. The molecule has 1 aromatic carbocycles. The first-order valence-electron chi connectivity index (χ1n) is 11.3. The molecule has 0 spiro atoms. The third-order valence-corrected chi connectivity index (χ3v) is 5.61. The molecule has 2 heterocycles. The molecule has 0 amide bonds. The number of nitrogens with zero attached hydrogens (tertiary/aromatic N) is 3. The van der Waals surface area contributed by atoms with Crippen LogP contribution in [0.15, 0.2) is 42.6 Å². The van der Waals surface area contributed by atoms with Crippen LogP contribution in [-0.2, 0) is 13.0 Å². The molecule has 11 heteroatoms. The lowest BCUT2D eigenvalue weighted by molar-refractivity contribution is -0.274. The van der Waals surface area contributed by atoms with Gasteiger partial charge in [0.15, 0.2) is 10.9 Å². The quantitative estimate of drug-likeness (QED) is 0.313. The molecule has 0 aliphatic carbocycles. The first kappa shape index (κ1) is 31.3. The summed E-state index contributed by atoms with van der Waals surface area (Å²) in [4.78, 5) is 23.4. The summed E-state index contributed by atoms with van der Waals surface area (Å²) in [5.41, 5.74) is 6.54. The minimum absolute atomic E-state index is 0.107. The number of alkyl halides is 3. The highest BCUT2D eigenvalue weighted by Crippen LogP contribution is 2.28. The van der Waals surface area contributed by atoms with E-state index in [1.807, 2.05) is 17.9 Å². The molecule has 198 valence electrons. The van der Waals surface area contributed by atoms with Crippen molar-refractivity contribution in [2.24, 2.45) is 5.73 Å². The van der Waals surface area contributed by atoms with Crippen LogP contribution in [0, 0.1) is 6.92 Å². The standard InChI is InChI=1S/C21H19ClF3N3O2S.C3H8.CH5N/c1-13(29)19-14(2)31-20(27-19)28(12-17-6-5-16(22)11-26-17)10-9-15-3-7-18(8-4-15)30-21(23,24)25;1-3-2;1-2/h3-8,11H,9-10,12H2,1-2H3;3H2,1-2H3;2H2,1H3. The molecule has 0 aliphatic heterocycles. The number of nitrogens with two attached hydrogens (primary N) is 1. The van der Waals surface area contributed by atoms with Crippen molar-refractivity contribution in [3.05, 3.63) is 69.4 Å². The van der Waals surface area contributed by atoms with Crippen LogP contribution in [0.1, 0.15) is 53.8 Å². The van der Waals surface area contributed by atoms with Gasteiger partial charge in [0, 0.05) is 24.5 Å². The highest BCUT2D eigenvalue weighted by molar-refractivity contribution is 7.15. The van der Waals surface area contributed by atoms with Crippen molar-refractivity contribution >= 4 is 33.9 Å². The average molecular weight is 545 g/mol. The van der Waals surface area contributed by atoms with Crippen molar-refractivity contribution in [2.45, 2.75) is 53.4 Å². The van der Waals surface area contributed by atoms with Crippen molar-refractivity contribution in [1.82, 2.24) is 9.97 Å². The van der Waals surface area contributed by atoms with Gasteiger partial charge in [-0.1, -0.05) is 44.0 Å². The second-order valence-corrected chi connectivity index (χ2v) is 9.11. The number of aryl methyl sites for hydroxylation is 1. The number of carbonyl (C=O) groups is 1. The van der Waals surface area contributed by atoms with E-state index >= 15 is 0 Å². The van der Waals surface area contributed by atoms with Crippen molar-refractivity contribution in [3.8, 4) is 5.75 Å². The first-order valence-corrected chi connectivity index (χ1v) is 12.5. The maximum Gasteiger partial charge on any atom is 0.573 e. The van der Waals surface area contributed by atoms with Gasteiger partial charge in [-0.25, -0.2) is 4.98 Å². The zero-order valence-electron chi connectivity index (χ0n) is 21.0. The lowest BCUT2D eigenvalue weighted by Crippen LogP contribution is -2.26. The van der Waals surface area contributed by atoms with Crippen LogP contribution in [0.25, 0.3) is 0 Å². The van der Waals surface area contributed by atoms with Crippen LogP contribution in [0.5, 0.6) is 5.75 Å². The van der Waals surface area contributed by atoms with E-state index in [2.05, 4.69) is 34.3 Å². The second-order valence-electron chi connectivity index (χ2n) is 7.50. The smallest absolute Gasteiger partial charge is 0.406 e. The summed E-state index contributed by atoms with van der Waals surface area (Å²) in [6.45, 7) is 8.53. The van der Waals surface area contributed by atoms with Gasteiger partial charge in [-0.3, -0.25) is 9.78 Å². The van der Waals surface area contributed by atoms with Gasteiger partial charge in [0.2, 0.25) is 0 Å². The third kappa shape index (κ3) is 10.9. The van der Waals surface area contributed by atoms with Crippen LogP contribution in [-0.4, -0.2) is 35.7 Å². The Kier molecular flexibility index (Phi) is 13.4. The number of ketones is 1. The minimum atomic E-state index is -4.72. The number of halogens is 4. The highest BCUT2D eigenvalue weighted by atomic mass is 35.5. The van der Waals surface area contributed by atoms with Crippen molar-refractivity contribution in [3.63, 3.8) is 0 Å². The zero-order valence-corrected chi connectivity index (χ0v) is 22.6. The van der Waals surface area contributed by atoms with Gasteiger partial charge in [-0.15, -0.1) is 24.5 Å². The number of anilines is 1. The molecule has 0 radical (unpaired) electrons. The lowest BCUT2D eigenvalue weighted by Gasteiger charge is -2.21.